The molecule has 0 spiro atoms. The predicted molar refractivity (Wildman–Crippen MR) is 71.9 cm³/mol. The van der Waals surface area contributed by atoms with Gasteiger partial charge in [-0.05, 0) is 56.4 Å². The highest BCUT2D eigenvalue weighted by molar-refractivity contribution is 5.66. The lowest BCUT2D eigenvalue weighted by Gasteiger charge is -2.60. The molecular formula is C15H25NO2. The lowest BCUT2D eigenvalue weighted by Crippen LogP contribution is -2.58. The summed E-state index contributed by atoms with van der Waals surface area (Å²) in [5.74, 6) is 0.334. The van der Waals surface area contributed by atoms with Gasteiger partial charge in [-0.2, -0.15) is 0 Å². The van der Waals surface area contributed by atoms with Crippen molar-refractivity contribution in [3.8, 4) is 0 Å². The molecule has 0 aromatic heterocycles. The summed E-state index contributed by atoms with van der Waals surface area (Å²) in [5.41, 5.74) is 6.13. The summed E-state index contributed by atoms with van der Waals surface area (Å²) < 4.78 is 5.43. The Hall–Kier alpha value is -0.830. The number of nitrogens with two attached hydrogens (primary N) is 1. The molecule has 3 heteroatoms. The first-order valence-electron chi connectivity index (χ1n) is 6.79. The zero-order valence-electron chi connectivity index (χ0n) is 12.0. The van der Waals surface area contributed by atoms with Gasteiger partial charge < -0.3 is 10.5 Å². The zero-order chi connectivity index (χ0) is 13.6. The number of hydrogen-bond acceptors (Lipinski definition) is 3. The van der Waals surface area contributed by atoms with Gasteiger partial charge in [0.05, 0.1) is 0 Å². The standard InChI is InChI=1S/C15H25NO2/c1-11(17)18-13(2,3)8-15(10-16)9-14(4)7-5-6-12(14)15/h5-6,12H,7-10,16H2,1-4H3/t12-,14-,15+/m0/s1. The Morgan fingerprint density at radius 1 is 1.56 bits per heavy atom. The Bertz CT molecular complexity index is 388. The minimum Gasteiger partial charge on any atom is -0.460 e. The first-order chi connectivity index (χ1) is 8.23. The van der Waals surface area contributed by atoms with E-state index in [-0.39, 0.29) is 11.4 Å². The Balaban J connectivity index is 2.11. The van der Waals surface area contributed by atoms with E-state index < -0.39 is 5.60 Å². The minimum absolute atomic E-state index is 0.112. The fourth-order valence-corrected chi connectivity index (χ4v) is 4.46. The zero-order valence-corrected chi connectivity index (χ0v) is 12.0. The summed E-state index contributed by atoms with van der Waals surface area (Å²) in [6, 6.07) is 0. The maximum absolute atomic E-state index is 11.2. The van der Waals surface area contributed by atoms with Crippen LogP contribution in [0.25, 0.3) is 0 Å². The Labute approximate surface area is 110 Å². The van der Waals surface area contributed by atoms with Crippen molar-refractivity contribution in [2.45, 2.75) is 52.6 Å². The van der Waals surface area contributed by atoms with Gasteiger partial charge in [0.25, 0.3) is 0 Å². The maximum atomic E-state index is 11.2. The van der Waals surface area contributed by atoms with Crippen molar-refractivity contribution in [3.63, 3.8) is 0 Å². The van der Waals surface area contributed by atoms with Crippen LogP contribution in [-0.4, -0.2) is 18.1 Å². The van der Waals surface area contributed by atoms with Crippen LogP contribution in [0.2, 0.25) is 0 Å². The molecule has 0 unspecified atom stereocenters. The summed E-state index contributed by atoms with van der Waals surface area (Å²) in [4.78, 5) is 11.2. The smallest absolute Gasteiger partial charge is 0.303 e. The van der Waals surface area contributed by atoms with Gasteiger partial charge in [0.2, 0.25) is 0 Å². The first-order valence-corrected chi connectivity index (χ1v) is 6.79. The van der Waals surface area contributed by atoms with Gasteiger partial charge in [0, 0.05) is 6.92 Å². The van der Waals surface area contributed by atoms with Crippen molar-refractivity contribution in [1.29, 1.82) is 0 Å². The van der Waals surface area contributed by atoms with E-state index in [1.54, 1.807) is 0 Å². The van der Waals surface area contributed by atoms with Crippen LogP contribution in [0.15, 0.2) is 12.2 Å². The highest BCUT2D eigenvalue weighted by Crippen LogP contribution is 2.66. The number of fused-ring (bicyclic) bond motifs is 1. The first kappa shape index (κ1) is 13.6. The topological polar surface area (TPSA) is 52.3 Å². The molecular weight excluding hydrogens is 226 g/mol. The number of rotatable bonds is 4. The minimum atomic E-state index is -0.428. The molecule has 2 aliphatic rings. The van der Waals surface area contributed by atoms with Crippen LogP contribution in [0, 0.1) is 16.7 Å². The highest BCUT2D eigenvalue weighted by atomic mass is 16.6. The number of allylic oxidation sites excluding steroid dienone is 2. The highest BCUT2D eigenvalue weighted by Gasteiger charge is 2.61. The second-order valence-electron chi connectivity index (χ2n) is 7.04. The Morgan fingerprint density at radius 2 is 2.22 bits per heavy atom. The quantitative estimate of drug-likeness (QED) is 0.617. The van der Waals surface area contributed by atoms with Crippen LogP contribution >= 0.6 is 0 Å². The van der Waals surface area contributed by atoms with E-state index in [4.69, 9.17) is 10.5 Å². The van der Waals surface area contributed by atoms with Gasteiger partial charge in [-0.1, -0.05) is 19.1 Å². The average molecular weight is 251 g/mol. The van der Waals surface area contributed by atoms with Gasteiger partial charge in [-0.25, -0.2) is 0 Å². The summed E-state index contributed by atoms with van der Waals surface area (Å²) in [6.07, 6.45) is 7.74. The summed E-state index contributed by atoms with van der Waals surface area (Å²) in [5, 5.41) is 0. The van der Waals surface area contributed by atoms with Crippen molar-refractivity contribution in [2.24, 2.45) is 22.5 Å². The second-order valence-corrected chi connectivity index (χ2v) is 7.04. The molecule has 0 heterocycles. The maximum Gasteiger partial charge on any atom is 0.303 e. The van der Waals surface area contributed by atoms with Gasteiger partial charge in [-0.3, -0.25) is 4.79 Å². The molecule has 2 N–H and O–H groups in total. The van der Waals surface area contributed by atoms with Crippen molar-refractivity contribution in [1.82, 2.24) is 0 Å². The van der Waals surface area contributed by atoms with Crippen LogP contribution in [0.5, 0.6) is 0 Å². The third-order valence-electron chi connectivity index (χ3n) is 4.68. The van der Waals surface area contributed by atoms with E-state index in [0.717, 1.165) is 19.3 Å². The molecule has 3 nitrogen and oxygen atoms in total. The molecule has 0 bridgehead atoms. The third kappa shape index (κ3) is 2.09. The van der Waals surface area contributed by atoms with Crippen molar-refractivity contribution >= 4 is 5.97 Å². The molecule has 2 aliphatic carbocycles. The van der Waals surface area contributed by atoms with Crippen LogP contribution in [0.4, 0.5) is 0 Å². The van der Waals surface area contributed by atoms with Crippen LogP contribution in [0.1, 0.15) is 47.0 Å². The largest absolute Gasteiger partial charge is 0.460 e. The molecule has 0 aromatic rings. The van der Waals surface area contributed by atoms with Crippen LogP contribution < -0.4 is 5.73 Å². The van der Waals surface area contributed by atoms with Gasteiger partial charge in [0.15, 0.2) is 0 Å². The van der Waals surface area contributed by atoms with Crippen molar-refractivity contribution < 1.29 is 9.53 Å². The molecule has 0 aliphatic heterocycles. The van der Waals surface area contributed by atoms with Crippen LogP contribution in [-0.2, 0) is 9.53 Å². The molecule has 1 fully saturated rings. The van der Waals surface area contributed by atoms with E-state index in [0.29, 0.717) is 17.9 Å². The fourth-order valence-electron chi connectivity index (χ4n) is 4.46. The van der Waals surface area contributed by atoms with Gasteiger partial charge in [-0.15, -0.1) is 0 Å². The molecule has 0 saturated heterocycles. The third-order valence-corrected chi connectivity index (χ3v) is 4.68. The monoisotopic (exact) mass is 251 g/mol. The Morgan fingerprint density at radius 3 is 2.72 bits per heavy atom. The molecule has 0 aromatic carbocycles. The van der Waals surface area contributed by atoms with Crippen molar-refractivity contribution in [2.75, 3.05) is 6.54 Å². The van der Waals surface area contributed by atoms with E-state index in [1.807, 2.05) is 13.8 Å². The number of ether oxygens (including phenoxy) is 1. The molecule has 102 valence electrons. The summed E-state index contributed by atoms with van der Waals surface area (Å²) in [7, 11) is 0. The lowest BCUT2D eigenvalue weighted by atomic mass is 9.45. The number of carbonyl (C=O) groups excluding carboxylic acids is 1. The number of carbonyl (C=O) groups is 1. The fraction of sp³-hybridized carbons (Fsp3) is 0.800. The van der Waals surface area contributed by atoms with E-state index >= 15 is 0 Å². The molecule has 2 rings (SSSR count). The predicted octanol–water partition coefficient (Wildman–Crippen LogP) is 2.65. The van der Waals surface area contributed by atoms with Crippen molar-refractivity contribution in [3.05, 3.63) is 12.2 Å². The molecule has 0 amide bonds. The molecule has 18 heavy (non-hydrogen) atoms. The average Bonchev–Trinajstić information content (AvgIpc) is 2.50. The van der Waals surface area contributed by atoms with E-state index in [9.17, 15) is 4.79 Å². The second kappa shape index (κ2) is 4.09. The lowest BCUT2D eigenvalue weighted by molar-refractivity contribution is -0.166. The summed E-state index contributed by atoms with van der Waals surface area (Å²) in [6.45, 7) is 8.45. The normalized spacial score (nSPS) is 38.2. The number of hydrogen-bond donors (Lipinski definition) is 1. The number of esters is 1. The van der Waals surface area contributed by atoms with Gasteiger partial charge >= 0.3 is 5.97 Å². The Kier molecular flexibility index (Phi) is 3.09. The summed E-state index contributed by atoms with van der Waals surface area (Å²) >= 11 is 0. The molecule has 1 saturated carbocycles. The molecule has 0 radical (unpaired) electrons. The van der Waals surface area contributed by atoms with E-state index in [2.05, 4.69) is 19.1 Å². The van der Waals surface area contributed by atoms with Crippen LogP contribution in [0.3, 0.4) is 0 Å². The van der Waals surface area contributed by atoms with Gasteiger partial charge in [0.1, 0.15) is 5.60 Å². The van der Waals surface area contributed by atoms with E-state index in [1.165, 1.54) is 6.92 Å². The SMILES string of the molecule is CC(=O)OC(C)(C)C[C@]1(CN)C[C@]2(C)CC=C[C@@H]21. The molecule has 3 atom stereocenters.